The molecule has 0 aromatic rings. The number of likely N-dealkylation sites (tertiary alicyclic amines) is 1. The van der Waals surface area contributed by atoms with Crippen molar-refractivity contribution in [3.05, 3.63) is 0 Å². The number of carbonyl (C=O) groups excluding carboxylic acids is 1. The van der Waals surface area contributed by atoms with Gasteiger partial charge in [-0.05, 0) is 5.41 Å². The van der Waals surface area contributed by atoms with Gasteiger partial charge < -0.3 is 9.64 Å². The van der Waals surface area contributed by atoms with Crippen LogP contribution in [0.3, 0.4) is 0 Å². The Bertz CT molecular complexity index is 231. The van der Waals surface area contributed by atoms with E-state index < -0.39 is 0 Å². The molecule has 1 fully saturated rings. The van der Waals surface area contributed by atoms with E-state index in [2.05, 4.69) is 13.8 Å². The molecule has 88 valence electrons. The molecule has 1 aliphatic rings. The van der Waals surface area contributed by atoms with Gasteiger partial charge in [-0.1, -0.05) is 13.8 Å². The second-order valence-electron chi connectivity index (χ2n) is 4.85. The van der Waals surface area contributed by atoms with Gasteiger partial charge in [0, 0.05) is 38.4 Å². The highest BCUT2D eigenvalue weighted by molar-refractivity contribution is 6.18. The molecular weight excluding hydrogens is 214 g/mol. The maximum Gasteiger partial charge on any atom is 0.223 e. The van der Waals surface area contributed by atoms with Crippen LogP contribution in [0.2, 0.25) is 0 Å². The number of rotatable bonds is 4. The topological polar surface area (TPSA) is 29.5 Å². The third-order valence-corrected chi connectivity index (χ3v) is 3.36. The molecule has 0 bridgehead atoms. The van der Waals surface area contributed by atoms with Crippen molar-refractivity contribution in [2.24, 2.45) is 11.3 Å². The fourth-order valence-corrected chi connectivity index (χ4v) is 2.27. The minimum atomic E-state index is 0.151. The average Bonchev–Trinajstić information content (AvgIpc) is 2.44. The highest BCUT2D eigenvalue weighted by Crippen LogP contribution is 2.35. The summed E-state index contributed by atoms with van der Waals surface area (Å²) in [7, 11) is 1.71. The maximum absolute atomic E-state index is 11.7. The summed E-state index contributed by atoms with van der Waals surface area (Å²) in [5.41, 5.74) is 0.151. The maximum atomic E-state index is 11.7. The molecule has 15 heavy (non-hydrogen) atoms. The molecule has 1 aliphatic heterocycles. The molecule has 1 atom stereocenters. The summed E-state index contributed by atoms with van der Waals surface area (Å²) in [6.45, 7) is 6.71. The number of nitrogens with zero attached hydrogens (tertiary/aromatic N) is 1. The third-order valence-electron chi connectivity index (χ3n) is 3.17. The normalized spacial score (nSPS) is 24.5. The molecule has 1 heterocycles. The summed E-state index contributed by atoms with van der Waals surface area (Å²) >= 11 is 5.57. The van der Waals surface area contributed by atoms with Gasteiger partial charge in [0.1, 0.15) is 0 Å². The number of carbonyl (C=O) groups is 1. The van der Waals surface area contributed by atoms with E-state index in [0.717, 1.165) is 19.7 Å². The van der Waals surface area contributed by atoms with Crippen molar-refractivity contribution in [2.45, 2.75) is 20.3 Å². The van der Waals surface area contributed by atoms with Crippen LogP contribution >= 0.6 is 11.6 Å². The minimum Gasteiger partial charge on any atom is -0.384 e. The Balaban J connectivity index is 2.57. The predicted octanol–water partition coefficient (Wildman–Crippen LogP) is 1.75. The van der Waals surface area contributed by atoms with Crippen LogP contribution in [0.15, 0.2) is 0 Å². The van der Waals surface area contributed by atoms with Crippen LogP contribution in [0.25, 0.3) is 0 Å². The first-order valence-corrected chi connectivity index (χ1v) is 5.87. The van der Waals surface area contributed by atoms with E-state index in [0.29, 0.717) is 18.2 Å². The Morgan fingerprint density at radius 2 is 2.27 bits per heavy atom. The van der Waals surface area contributed by atoms with Crippen molar-refractivity contribution in [2.75, 3.05) is 32.7 Å². The average molecular weight is 234 g/mol. The standard InChI is InChI=1S/C11H20ClNO2/c1-11(2)8-13(10(14)4-5-12)6-9(11)7-15-3/h9H,4-8H2,1-3H3. The lowest BCUT2D eigenvalue weighted by Gasteiger charge is -2.24. The lowest BCUT2D eigenvalue weighted by Crippen LogP contribution is -2.30. The van der Waals surface area contributed by atoms with Gasteiger partial charge in [-0.3, -0.25) is 4.79 Å². The zero-order valence-electron chi connectivity index (χ0n) is 9.75. The summed E-state index contributed by atoms with van der Waals surface area (Å²) in [4.78, 5) is 13.6. The fraction of sp³-hybridized carbons (Fsp3) is 0.909. The molecule has 0 aromatic carbocycles. The molecule has 0 spiro atoms. The molecule has 0 radical (unpaired) electrons. The Morgan fingerprint density at radius 3 is 2.80 bits per heavy atom. The summed E-state index contributed by atoms with van der Waals surface area (Å²) < 4.78 is 5.19. The number of halogens is 1. The molecular formula is C11H20ClNO2. The summed E-state index contributed by atoms with van der Waals surface area (Å²) in [6, 6.07) is 0. The third kappa shape index (κ3) is 3.08. The molecule has 1 rings (SSSR count). The van der Waals surface area contributed by atoms with Crippen molar-refractivity contribution in [1.82, 2.24) is 4.90 Å². The molecule has 1 amide bonds. The van der Waals surface area contributed by atoms with Gasteiger partial charge in [-0.2, -0.15) is 0 Å². The fourth-order valence-electron chi connectivity index (χ4n) is 2.11. The first-order chi connectivity index (χ1) is 7.01. The molecule has 4 heteroatoms. The van der Waals surface area contributed by atoms with Crippen LogP contribution in [0.5, 0.6) is 0 Å². The van der Waals surface area contributed by atoms with Crippen LogP contribution in [-0.2, 0) is 9.53 Å². The van der Waals surface area contributed by atoms with Gasteiger partial charge in [0.25, 0.3) is 0 Å². The lowest BCUT2D eigenvalue weighted by atomic mass is 9.83. The van der Waals surface area contributed by atoms with Crippen LogP contribution in [0, 0.1) is 11.3 Å². The Morgan fingerprint density at radius 1 is 1.60 bits per heavy atom. The van der Waals surface area contributed by atoms with Crippen molar-refractivity contribution in [3.63, 3.8) is 0 Å². The van der Waals surface area contributed by atoms with E-state index in [1.54, 1.807) is 7.11 Å². The van der Waals surface area contributed by atoms with Gasteiger partial charge >= 0.3 is 0 Å². The van der Waals surface area contributed by atoms with E-state index in [1.165, 1.54) is 0 Å². The zero-order valence-corrected chi connectivity index (χ0v) is 10.5. The highest BCUT2D eigenvalue weighted by Gasteiger charge is 2.40. The number of alkyl halides is 1. The van der Waals surface area contributed by atoms with Gasteiger partial charge in [0.15, 0.2) is 0 Å². The zero-order chi connectivity index (χ0) is 11.5. The molecule has 0 N–H and O–H groups in total. The second-order valence-corrected chi connectivity index (χ2v) is 5.23. The number of hydrogen-bond donors (Lipinski definition) is 0. The smallest absolute Gasteiger partial charge is 0.223 e. The van der Waals surface area contributed by atoms with Crippen molar-refractivity contribution >= 4 is 17.5 Å². The lowest BCUT2D eigenvalue weighted by molar-refractivity contribution is -0.130. The van der Waals surface area contributed by atoms with Crippen LogP contribution < -0.4 is 0 Å². The van der Waals surface area contributed by atoms with Crippen molar-refractivity contribution in [1.29, 1.82) is 0 Å². The van der Waals surface area contributed by atoms with Gasteiger partial charge in [0.05, 0.1) is 6.61 Å². The van der Waals surface area contributed by atoms with Gasteiger partial charge in [0.2, 0.25) is 5.91 Å². The number of methoxy groups -OCH3 is 1. The van der Waals surface area contributed by atoms with Crippen LogP contribution in [0.4, 0.5) is 0 Å². The van der Waals surface area contributed by atoms with E-state index in [9.17, 15) is 4.79 Å². The summed E-state index contributed by atoms with van der Waals surface area (Å²) in [6.07, 6.45) is 0.442. The van der Waals surface area contributed by atoms with Gasteiger partial charge in [-0.25, -0.2) is 0 Å². The van der Waals surface area contributed by atoms with Crippen molar-refractivity contribution in [3.8, 4) is 0 Å². The van der Waals surface area contributed by atoms with E-state index >= 15 is 0 Å². The van der Waals surface area contributed by atoms with E-state index in [4.69, 9.17) is 16.3 Å². The SMILES string of the molecule is COCC1CN(C(=O)CCCl)CC1(C)C. The highest BCUT2D eigenvalue weighted by atomic mass is 35.5. The first-order valence-electron chi connectivity index (χ1n) is 5.34. The largest absolute Gasteiger partial charge is 0.384 e. The Kier molecular flexibility index (Phi) is 4.41. The molecule has 1 saturated heterocycles. The minimum absolute atomic E-state index is 0.151. The summed E-state index contributed by atoms with van der Waals surface area (Å²) in [5, 5.41) is 0. The van der Waals surface area contributed by atoms with Crippen LogP contribution in [0.1, 0.15) is 20.3 Å². The molecule has 0 aliphatic carbocycles. The number of hydrogen-bond acceptors (Lipinski definition) is 2. The predicted molar refractivity (Wildman–Crippen MR) is 61.1 cm³/mol. The Labute approximate surface area is 96.7 Å². The molecule has 0 aromatic heterocycles. The quantitative estimate of drug-likeness (QED) is 0.693. The molecule has 1 unspecified atom stereocenters. The van der Waals surface area contributed by atoms with Crippen LogP contribution in [-0.4, -0.2) is 43.5 Å². The number of ether oxygens (including phenoxy) is 1. The van der Waals surface area contributed by atoms with Crippen molar-refractivity contribution < 1.29 is 9.53 Å². The molecule has 0 saturated carbocycles. The second kappa shape index (κ2) is 5.17. The molecule has 3 nitrogen and oxygen atoms in total. The Hall–Kier alpha value is -0.280. The number of amides is 1. The summed E-state index contributed by atoms with van der Waals surface area (Å²) in [5.74, 6) is 1.00. The van der Waals surface area contributed by atoms with Gasteiger partial charge in [-0.15, -0.1) is 11.6 Å². The monoisotopic (exact) mass is 233 g/mol. The van der Waals surface area contributed by atoms with E-state index in [-0.39, 0.29) is 11.3 Å². The van der Waals surface area contributed by atoms with E-state index in [1.807, 2.05) is 4.90 Å². The first kappa shape index (κ1) is 12.8.